The zero-order valence-electron chi connectivity index (χ0n) is 17.6. The SMILES string of the molecule is Cn1c(O[C@H]2CC[C@H](C(C)(C)C)CC2)cc2ccc(CNCCC(=O)O)cc21. The van der Waals surface area contributed by atoms with Crippen molar-refractivity contribution in [1.82, 2.24) is 9.88 Å². The molecule has 1 saturated carbocycles. The van der Waals surface area contributed by atoms with E-state index in [2.05, 4.69) is 62.0 Å². The molecule has 0 unspecified atom stereocenters. The number of hydrogen-bond acceptors (Lipinski definition) is 3. The lowest BCUT2D eigenvalue weighted by Crippen LogP contribution is -2.30. The molecule has 5 heteroatoms. The van der Waals surface area contributed by atoms with Gasteiger partial charge in [-0.05, 0) is 48.6 Å². The minimum Gasteiger partial charge on any atom is -0.481 e. The van der Waals surface area contributed by atoms with E-state index in [-0.39, 0.29) is 6.42 Å². The maximum Gasteiger partial charge on any atom is 0.304 e. The van der Waals surface area contributed by atoms with Gasteiger partial charge in [0.2, 0.25) is 0 Å². The number of nitrogens with one attached hydrogen (secondary N) is 1. The molecule has 0 spiro atoms. The largest absolute Gasteiger partial charge is 0.481 e. The smallest absolute Gasteiger partial charge is 0.304 e. The minimum atomic E-state index is -0.774. The highest BCUT2D eigenvalue weighted by molar-refractivity contribution is 5.83. The highest BCUT2D eigenvalue weighted by atomic mass is 16.5. The molecule has 0 aliphatic heterocycles. The number of aromatic nitrogens is 1. The Morgan fingerprint density at radius 1 is 1.21 bits per heavy atom. The van der Waals surface area contributed by atoms with Gasteiger partial charge < -0.3 is 19.7 Å². The number of benzene rings is 1. The van der Waals surface area contributed by atoms with Crippen molar-refractivity contribution in [2.45, 2.75) is 65.5 Å². The summed E-state index contributed by atoms with van der Waals surface area (Å²) in [5, 5.41) is 13.1. The Kier molecular flexibility index (Phi) is 6.33. The van der Waals surface area contributed by atoms with Crippen LogP contribution in [-0.4, -0.2) is 28.3 Å². The van der Waals surface area contributed by atoms with E-state index in [1.165, 1.54) is 18.2 Å². The number of nitrogens with zero attached hydrogens (tertiary/aromatic N) is 1. The number of carboxylic acid groups (broad SMARTS) is 1. The van der Waals surface area contributed by atoms with E-state index in [4.69, 9.17) is 9.84 Å². The van der Waals surface area contributed by atoms with Crippen molar-refractivity contribution in [2.24, 2.45) is 18.4 Å². The zero-order chi connectivity index (χ0) is 20.3. The van der Waals surface area contributed by atoms with E-state index in [0.717, 1.165) is 35.7 Å². The lowest BCUT2D eigenvalue weighted by Gasteiger charge is -2.36. The van der Waals surface area contributed by atoms with Crippen molar-refractivity contribution < 1.29 is 14.6 Å². The lowest BCUT2D eigenvalue weighted by atomic mass is 9.72. The number of aryl methyl sites for hydroxylation is 1. The van der Waals surface area contributed by atoms with E-state index < -0.39 is 5.97 Å². The van der Waals surface area contributed by atoms with Crippen molar-refractivity contribution in [2.75, 3.05) is 6.54 Å². The maximum absolute atomic E-state index is 10.6. The van der Waals surface area contributed by atoms with Gasteiger partial charge in [0.05, 0.1) is 11.9 Å². The summed E-state index contributed by atoms with van der Waals surface area (Å²) in [5.41, 5.74) is 2.69. The fraction of sp³-hybridized carbons (Fsp3) is 0.609. The van der Waals surface area contributed by atoms with E-state index in [0.29, 0.717) is 24.6 Å². The molecule has 1 aromatic carbocycles. The first kappa shape index (κ1) is 20.7. The third-order valence-corrected chi connectivity index (χ3v) is 6.10. The number of hydrogen-bond donors (Lipinski definition) is 2. The minimum absolute atomic E-state index is 0.141. The number of aliphatic carboxylic acids is 1. The Morgan fingerprint density at radius 2 is 1.93 bits per heavy atom. The third-order valence-electron chi connectivity index (χ3n) is 6.10. The van der Waals surface area contributed by atoms with Crippen molar-refractivity contribution in [1.29, 1.82) is 0 Å². The topological polar surface area (TPSA) is 63.5 Å². The van der Waals surface area contributed by atoms with Gasteiger partial charge in [-0.25, -0.2) is 0 Å². The molecule has 154 valence electrons. The van der Waals surface area contributed by atoms with Gasteiger partial charge >= 0.3 is 5.97 Å². The Bertz CT molecular complexity index is 811. The quantitative estimate of drug-likeness (QED) is 0.676. The lowest BCUT2D eigenvalue weighted by molar-refractivity contribution is -0.136. The van der Waals surface area contributed by atoms with Gasteiger partial charge in [0.15, 0.2) is 5.88 Å². The zero-order valence-corrected chi connectivity index (χ0v) is 17.6. The van der Waals surface area contributed by atoms with Gasteiger partial charge in [-0.15, -0.1) is 0 Å². The second kappa shape index (κ2) is 8.56. The molecule has 2 N–H and O–H groups in total. The Balaban J connectivity index is 1.62. The first-order valence-corrected chi connectivity index (χ1v) is 10.4. The molecule has 0 saturated heterocycles. The van der Waals surface area contributed by atoms with Crippen LogP contribution in [0.1, 0.15) is 58.4 Å². The molecule has 0 atom stereocenters. The summed E-state index contributed by atoms with van der Waals surface area (Å²) in [7, 11) is 2.06. The van der Waals surface area contributed by atoms with Crippen molar-refractivity contribution in [3.63, 3.8) is 0 Å². The molecular formula is C23H34N2O3. The highest BCUT2D eigenvalue weighted by Gasteiger charge is 2.30. The van der Waals surface area contributed by atoms with Gasteiger partial charge in [-0.3, -0.25) is 4.79 Å². The van der Waals surface area contributed by atoms with Crippen molar-refractivity contribution in [3.05, 3.63) is 29.8 Å². The average Bonchev–Trinajstić information content (AvgIpc) is 2.94. The van der Waals surface area contributed by atoms with Gasteiger partial charge in [0.25, 0.3) is 0 Å². The molecule has 1 fully saturated rings. The third kappa shape index (κ3) is 5.07. The van der Waals surface area contributed by atoms with Gasteiger partial charge in [0.1, 0.15) is 6.10 Å². The van der Waals surface area contributed by atoms with Crippen molar-refractivity contribution in [3.8, 4) is 5.88 Å². The summed E-state index contributed by atoms with van der Waals surface area (Å²) in [6, 6.07) is 8.50. The predicted molar refractivity (Wildman–Crippen MR) is 113 cm³/mol. The fourth-order valence-electron chi connectivity index (χ4n) is 4.22. The predicted octanol–water partition coefficient (Wildman–Crippen LogP) is 4.73. The van der Waals surface area contributed by atoms with E-state index in [1.807, 2.05) is 0 Å². The van der Waals surface area contributed by atoms with Gasteiger partial charge in [-0.2, -0.15) is 0 Å². The molecule has 0 amide bonds. The summed E-state index contributed by atoms with van der Waals surface area (Å²) in [4.78, 5) is 10.6. The number of carboxylic acids is 1. The van der Waals surface area contributed by atoms with Crippen LogP contribution in [0, 0.1) is 11.3 Å². The van der Waals surface area contributed by atoms with Crippen LogP contribution in [0.2, 0.25) is 0 Å². The van der Waals surface area contributed by atoms with Crippen LogP contribution in [0.3, 0.4) is 0 Å². The normalized spacial score (nSPS) is 20.4. The molecular weight excluding hydrogens is 352 g/mol. The van der Waals surface area contributed by atoms with Gasteiger partial charge in [0, 0.05) is 31.6 Å². The number of rotatable bonds is 7. The van der Waals surface area contributed by atoms with Crippen LogP contribution in [0.25, 0.3) is 10.9 Å². The molecule has 1 aromatic heterocycles. The Labute approximate surface area is 168 Å². The second-order valence-electron chi connectivity index (χ2n) is 9.21. The standard InChI is InChI=1S/C23H34N2O3/c1-23(2,3)18-7-9-19(10-8-18)28-21-14-17-6-5-16(13-20(17)25(21)4)15-24-12-11-22(26)27/h5-6,13-14,18-19,24H,7-12,15H2,1-4H3,(H,26,27)/t18-,19-. The molecule has 28 heavy (non-hydrogen) atoms. The summed E-state index contributed by atoms with van der Waals surface area (Å²) in [6.45, 7) is 8.18. The van der Waals surface area contributed by atoms with Crippen LogP contribution in [0.5, 0.6) is 5.88 Å². The molecule has 3 rings (SSSR count). The first-order valence-electron chi connectivity index (χ1n) is 10.4. The maximum atomic E-state index is 10.6. The molecule has 2 aromatic rings. The molecule has 1 aliphatic rings. The number of fused-ring (bicyclic) bond motifs is 1. The van der Waals surface area contributed by atoms with Gasteiger partial charge in [-0.1, -0.05) is 32.9 Å². The highest BCUT2D eigenvalue weighted by Crippen LogP contribution is 2.39. The summed E-state index contributed by atoms with van der Waals surface area (Å²) in [6.07, 6.45) is 5.18. The Morgan fingerprint density at radius 3 is 2.57 bits per heavy atom. The first-order chi connectivity index (χ1) is 13.2. The van der Waals surface area contributed by atoms with E-state index in [1.54, 1.807) is 0 Å². The monoisotopic (exact) mass is 386 g/mol. The average molecular weight is 387 g/mol. The van der Waals surface area contributed by atoms with Crippen LogP contribution in [-0.2, 0) is 18.4 Å². The number of carbonyl (C=O) groups is 1. The Hall–Kier alpha value is -2.01. The van der Waals surface area contributed by atoms with Crippen LogP contribution in [0.15, 0.2) is 24.3 Å². The molecule has 5 nitrogen and oxygen atoms in total. The summed E-state index contributed by atoms with van der Waals surface area (Å²) in [5.74, 6) is 0.949. The van der Waals surface area contributed by atoms with E-state index in [9.17, 15) is 4.79 Å². The van der Waals surface area contributed by atoms with Crippen molar-refractivity contribution >= 4 is 16.9 Å². The molecule has 0 bridgehead atoms. The number of ether oxygens (including phenoxy) is 1. The molecule has 0 radical (unpaired) electrons. The summed E-state index contributed by atoms with van der Waals surface area (Å²) >= 11 is 0. The van der Waals surface area contributed by atoms with E-state index >= 15 is 0 Å². The fourth-order valence-corrected chi connectivity index (χ4v) is 4.22. The molecule has 1 aliphatic carbocycles. The summed E-state index contributed by atoms with van der Waals surface area (Å²) < 4.78 is 8.51. The van der Waals surface area contributed by atoms with Crippen LogP contribution in [0.4, 0.5) is 0 Å². The molecule has 1 heterocycles. The van der Waals surface area contributed by atoms with Crippen LogP contribution < -0.4 is 10.1 Å². The second-order valence-corrected chi connectivity index (χ2v) is 9.21. The van der Waals surface area contributed by atoms with Crippen LogP contribution >= 0.6 is 0 Å².